The number of fused-ring (bicyclic) bond motifs is 1. The summed E-state index contributed by atoms with van der Waals surface area (Å²) in [6, 6.07) is 15.2. The molecule has 1 amide bonds. The summed E-state index contributed by atoms with van der Waals surface area (Å²) < 4.78 is 12.5. The van der Waals surface area contributed by atoms with Crippen LogP contribution < -0.4 is 5.32 Å². The van der Waals surface area contributed by atoms with E-state index in [0.717, 1.165) is 5.56 Å². The Morgan fingerprint density at radius 2 is 1.97 bits per heavy atom. The van der Waals surface area contributed by atoms with Crippen molar-refractivity contribution < 1.29 is 13.7 Å². The first-order chi connectivity index (χ1) is 15.1. The first-order valence-electron chi connectivity index (χ1n) is 9.78. The Labute approximate surface area is 177 Å². The molecule has 0 saturated heterocycles. The average Bonchev–Trinajstić information content (AvgIpc) is 3.51. The van der Waals surface area contributed by atoms with Gasteiger partial charge in [0, 0.05) is 12.3 Å². The number of furan rings is 1. The van der Waals surface area contributed by atoms with Crippen LogP contribution in [0.4, 0.5) is 5.82 Å². The fourth-order valence-electron chi connectivity index (χ4n) is 3.40. The summed E-state index contributed by atoms with van der Waals surface area (Å²) in [5.74, 6) is 0.662. The summed E-state index contributed by atoms with van der Waals surface area (Å²) in [6.07, 6.45) is 3.38. The van der Waals surface area contributed by atoms with E-state index < -0.39 is 0 Å². The fraction of sp³-hybridized carbons (Fsp3) is 0.130. The van der Waals surface area contributed by atoms with Gasteiger partial charge in [0.15, 0.2) is 11.6 Å². The van der Waals surface area contributed by atoms with Gasteiger partial charge in [0.1, 0.15) is 5.69 Å². The van der Waals surface area contributed by atoms with Crippen molar-refractivity contribution in [1.29, 1.82) is 0 Å². The highest BCUT2D eigenvalue weighted by molar-refractivity contribution is 6.12. The quantitative estimate of drug-likeness (QED) is 0.452. The lowest BCUT2D eigenvalue weighted by atomic mass is 10.1. The average molecular weight is 413 g/mol. The van der Waals surface area contributed by atoms with Gasteiger partial charge < -0.3 is 14.3 Å². The monoisotopic (exact) mass is 413 g/mol. The number of rotatable bonds is 5. The Morgan fingerprint density at radius 1 is 1.13 bits per heavy atom. The number of anilines is 1. The van der Waals surface area contributed by atoms with Gasteiger partial charge >= 0.3 is 0 Å². The van der Waals surface area contributed by atoms with Crippen molar-refractivity contribution in [3.05, 3.63) is 83.4 Å². The SMILES string of the molecule is Cc1ccc(Cn2ccc(NC(=O)c3cc(-c4ccco4)nc4onc(C)c34)n2)cc1. The minimum absolute atomic E-state index is 0.279. The number of benzene rings is 1. The molecule has 0 aliphatic heterocycles. The first kappa shape index (κ1) is 18.8. The Bertz CT molecular complexity index is 1360. The van der Waals surface area contributed by atoms with Crippen molar-refractivity contribution in [3.8, 4) is 11.5 Å². The summed E-state index contributed by atoms with van der Waals surface area (Å²) in [4.78, 5) is 17.5. The smallest absolute Gasteiger partial charge is 0.259 e. The molecule has 1 N–H and O–H groups in total. The molecule has 5 aromatic rings. The summed E-state index contributed by atoms with van der Waals surface area (Å²) >= 11 is 0. The van der Waals surface area contributed by atoms with E-state index in [0.29, 0.717) is 40.5 Å². The molecule has 0 aliphatic carbocycles. The molecule has 0 unspecified atom stereocenters. The molecular weight excluding hydrogens is 394 g/mol. The van der Waals surface area contributed by atoms with Crippen molar-refractivity contribution in [3.63, 3.8) is 0 Å². The molecule has 0 spiro atoms. The molecule has 8 nitrogen and oxygen atoms in total. The Hall–Kier alpha value is -4.20. The third-order valence-corrected chi connectivity index (χ3v) is 4.98. The van der Waals surface area contributed by atoms with E-state index in [-0.39, 0.29) is 11.6 Å². The number of hydrogen-bond acceptors (Lipinski definition) is 6. The molecule has 4 heterocycles. The van der Waals surface area contributed by atoms with Gasteiger partial charge in [0.2, 0.25) is 0 Å². The molecule has 0 saturated carbocycles. The second-order valence-electron chi connectivity index (χ2n) is 7.32. The summed E-state index contributed by atoms with van der Waals surface area (Å²) in [6.45, 7) is 4.44. The van der Waals surface area contributed by atoms with Crippen LogP contribution in [-0.4, -0.2) is 25.8 Å². The summed E-state index contributed by atoms with van der Waals surface area (Å²) in [5.41, 5.74) is 4.08. The van der Waals surface area contributed by atoms with Crippen LogP contribution in [0, 0.1) is 13.8 Å². The van der Waals surface area contributed by atoms with Crippen LogP contribution in [-0.2, 0) is 6.54 Å². The first-order valence-corrected chi connectivity index (χ1v) is 9.78. The van der Waals surface area contributed by atoms with E-state index in [1.807, 2.05) is 6.20 Å². The largest absolute Gasteiger partial charge is 0.463 e. The van der Waals surface area contributed by atoms with Gasteiger partial charge in [-0.25, -0.2) is 4.98 Å². The zero-order chi connectivity index (χ0) is 21.4. The molecular formula is C23H19N5O3. The van der Waals surface area contributed by atoms with Crippen molar-refractivity contribution in [1.82, 2.24) is 19.9 Å². The lowest BCUT2D eigenvalue weighted by Gasteiger charge is -2.06. The number of hydrogen-bond donors (Lipinski definition) is 1. The second-order valence-corrected chi connectivity index (χ2v) is 7.32. The molecule has 8 heteroatoms. The number of amides is 1. The number of nitrogens with zero attached hydrogens (tertiary/aromatic N) is 4. The van der Waals surface area contributed by atoms with Crippen molar-refractivity contribution >= 4 is 22.8 Å². The zero-order valence-corrected chi connectivity index (χ0v) is 17.0. The number of nitrogens with one attached hydrogen (secondary N) is 1. The Morgan fingerprint density at radius 3 is 2.74 bits per heavy atom. The number of aromatic nitrogens is 4. The van der Waals surface area contributed by atoms with Gasteiger partial charge in [0.05, 0.1) is 29.5 Å². The molecule has 0 atom stereocenters. The van der Waals surface area contributed by atoms with Crippen LogP contribution in [0.15, 0.2) is 69.9 Å². The topological polar surface area (TPSA) is 99.0 Å². The third kappa shape index (κ3) is 3.71. The van der Waals surface area contributed by atoms with Crippen molar-refractivity contribution in [2.75, 3.05) is 5.32 Å². The maximum atomic E-state index is 13.1. The van der Waals surface area contributed by atoms with Crippen molar-refractivity contribution in [2.24, 2.45) is 0 Å². The van der Waals surface area contributed by atoms with Crippen molar-refractivity contribution in [2.45, 2.75) is 20.4 Å². The molecule has 0 aliphatic rings. The van der Waals surface area contributed by atoms with Gasteiger partial charge in [-0.1, -0.05) is 35.0 Å². The third-order valence-electron chi connectivity index (χ3n) is 4.98. The van der Waals surface area contributed by atoms with Crippen LogP contribution in [0.2, 0.25) is 0 Å². The van der Waals surface area contributed by atoms with E-state index in [1.165, 1.54) is 5.56 Å². The maximum Gasteiger partial charge on any atom is 0.259 e. The molecule has 4 aromatic heterocycles. The molecule has 31 heavy (non-hydrogen) atoms. The molecule has 5 rings (SSSR count). The van der Waals surface area contributed by atoms with Crippen LogP contribution in [0.1, 0.15) is 27.2 Å². The molecule has 0 bridgehead atoms. The predicted molar refractivity (Wildman–Crippen MR) is 115 cm³/mol. The molecule has 0 radical (unpaired) electrons. The van der Waals surface area contributed by atoms with Gasteiger partial charge in [-0.15, -0.1) is 0 Å². The normalized spacial score (nSPS) is 11.2. The van der Waals surface area contributed by atoms with Gasteiger partial charge in [-0.3, -0.25) is 9.48 Å². The maximum absolute atomic E-state index is 13.1. The summed E-state index contributed by atoms with van der Waals surface area (Å²) in [7, 11) is 0. The standard InChI is InChI=1S/C23H19N5O3/c1-14-5-7-16(8-6-14)13-28-10-9-20(26-28)25-22(29)17-12-18(19-4-3-11-30-19)24-23-21(17)15(2)27-31-23/h3-12H,13H2,1-2H3,(H,25,26,29). The summed E-state index contributed by atoms with van der Waals surface area (Å²) in [5, 5.41) is 11.8. The van der Waals surface area contributed by atoms with E-state index >= 15 is 0 Å². The number of aryl methyl sites for hydroxylation is 2. The molecule has 0 fully saturated rings. The van der Waals surface area contributed by atoms with Crippen LogP contribution in [0.25, 0.3) is 22.6 Å². The number of pyridine rings is 1. The van der Waals surface area contributed by atoms with E-state index in [9.17, 15) is 4.79 Å². The molecule has 1 aromatic carbocycles. The number of carbonyl (C=O) groups excluding carboxylic acids is 1. The van der Waals surface area contributed by atoms with Crippen LogP contribution in [0.5, 0.6) is 0 Å². The van der Waals surface area contributed by atoms with E-state index in [4.69, 9.17) is 8.94 Å². The fourth-order valence-corrected chi connectivity index (χ4v) is 3.40. The zero-order valence-electron chi connectivity index (χ0n) is 17.0. The minimum atomic E-state index is -0.327. The van der Waals surface area contributed by atoms with Gasteiger partial charge in [-0.2, -0.15) is 5.10 Å². The van der Waals surface area contributed by atoms with E-state index in [1.54, 1.807) is 42.1 Å². The van der Waals surface area contributed by atoms with Crippen LogP contribution >= 0.6 is 0 Å². The highest BCUT2D eigenvalue weighted by Gasteiger charge is 2.20. The minimum Gasteiger partial charge on any atom is -0.463 e. The Balaban J connectivity index is 1.42. The highest BCUT2D eigenvalue weighted by atomic mass is 16.5. The second kappa shape index (κ2) is 7.56. The van der Waals surface area contributed by atoms with Gasteiger partial charge in [0.25, 0.3) is 11.6 Å². The number of carbonyl (C=O) groups is 1. The van der Waals surface area contributed by atoms with Crippen LogP contribution in [0.3, 0.4) is 0 Å². The Kier molecular flexibility index (Phi) is 4.59. The molecule has 154 valence electrons. The van der Waals surface area contributed by atoms with E-state index in [2.05, 4.69) is 51.7 Å². The lowest BCUT2D eigenvalue weighted by molar-refractivity contribution is 0.102. The lowest BCUT2D eigenvalue weighted by Crippen LogP contribution is -2.14. The predicted octanol–water partition coefficient (Wildman–Crippen LogP) is 4.60. The highest BCUT2D eigenvalue weighted by Crippen LogP contribution is 2.27. The van der Waals surface area contributed by atoms with Gasteiger partial charge in [-0.05, 0) is 37.6 Å².